The number of furan rings is 1. The van der Waals surface area contributed by atoms with Gasteiger partial charge in [-0.2, -0.15) is 0 Å². The van der Waals surface area contributed by atoms with Crippen LogP contribution in [0.3, 0.4) is 0 Å². The average Bonchev–Trinajstić information content (AvgIpc) is 3.32. The number of carbonyl (C=O) groups excluding carboxylic acids is 1. The number of thiazole rings is 1. The summed E-state index contributed by atoms with van der Waals surface area (Å²) in [5.41, 5.74) is 3.28. The zero-order valence-electron chi connectivity index (χ0n) is 13.3. The molecule has 26 heavy (non-hydrogen) atoms. The first-order valence-corrected chi connectivity index (χ1v) is 9.40. The minimum atomic E-state index is -0.305. The topological polar surface area (TPSA) is 68.0 Å². The van der Waals surface area contributed by atoms with Crippen molar-refractivity contribution >= 4 is 38.9 Å². The molecule has 0 atom stereocenters. The standard InChI is InChI=1S/C19H12BrN3O2S/c20-17-8-7-16(25-17)18(24)22-13-5-3-4-12(10-13)15-11-26-19(23-15)14-6-1-2-9-21-14/h1-11H,(H,22,24). The Balaban J connectivity index is 1.56. The third-order valence-electron chi connectivity index (χ3n) is 3.60. The Kier molecular flexibility index (Phi) is 4.64. The number of nitrogens with zero attached hydrogens (tertiary/aromatic N) is 2. The van der Waals surface area contributed by atoms with Gasteiger partial charge in [-0.15, -0.1) is 11.3 Å². The van der Waals surface area contributed by atoms with E-state index in [1.807, 2.05) is 47.8 Å². The number of anilines is 1. The number of hydrogen-bond acceptors (Lipinski definition) is 5. The van der Waals surface area contributed by atoms with Gasteiger partial charge < -0.3 is 9.73 Å². The molecule has 7 heteroatoms. The number of benzene rings is 1. The summed E-state index contributed by atoms with van der Waals surface area (Å²) in [4.78, 5) is 21.2. The van der Waals surface area contributed by atoms with E-state index in [1.54, 1.807) is 18.3 Å². The van der Waals surface area contributed by atoms with Crippen molar-refractivity contribution in [1.29, 1.82) is 0 Å². The molecule has 0 unspecified atom stereocenters. The Morgan fingerprint density at radius 3 is 2.77 bits per heavy atom. The van der Waals surface area contributed by atoms with Crippen molar-refractivity contribution in [3.05, 3.63) is 76.6 Å². The zero-order chi connectivity index (χ0) is 17.9. The molecule has 0 aliphatic carbocycles. The first-order chi connectivity index (χ1) is 12.7. The number of nitrogens with one attached hydrogen (secondary N) is 1. The molecule has 128 valence electrons. The maximum Gasteiger partial charge on any atom is 0.291 e. The van der Waals surface area contributed by atoms with Crippen LogP contribution in [-0.2, 0) is 0 Å². The van der Waals surface area contributed by atoms with Crippen LogP contribution in [0.2, 0.25) is 0 Å². The van der Waals surface area contributed by atoms with E-state index < -0.39 is 0 Å². The number of pyridine rings is 1. The lowest BCUT2D eigenvalue weighted by Gasteiger charge is -2.05. The Bertz CT molecular complexity index is 1060. The van der Waals surface area contributed by atoms with E-state index in [4.69, 9.17) is 4.42 Å². The van der Waals surface area contributed by atoms with Crippen LogP contribution < -0.4 is 5.32 Å². The molecule has 0 saturated heterocycles. The number of halogens is 1. The predicted molar refractivity (Wildman–Crippen MR) is 105 cm³/mol. The van der Waals surface area contributed by atoms with Crippen LogP contribution in [0.4, 0.5) is 5.69 Å². The average molecular weight is 426 g/mol. The fourth-order valence-electron chi connectivity index (χ4n) is 2.40. The molecular formula is C19H12BrN3O2S. The fourth-order valence-corrected chi connectivity index (χ4v) is 3.51. The van der Waals surface area contributed by atoms with E-state index in [0.717, 1.165) is 22.0 Å². The van der Waals surface area contributed by atoms with Gasteiger partial charge in [0.15, 0.2) is 10.4 Å². The largest absolute Gasteiger partial charge is 0.444 e. The van der Waals surface area contributed by atoms with Crippen LogP contribution in [0.15, 0.2) is 75.3 Å². The molecule has 5 nitrogen and oxygen atoms in total. The molecule has 3 heterocycles. The third kappa shape index (κ3) is 3.58. The van der Waals surface area contributed by atoms with Crippen LogP contribution in [0.1, 0.15) is 10.6 Å². The minimum absolute atomic E-state index is 0.244. The van der Waals surface area contributed by atoms with E-state index in [-0.39, 0.29) is 11.7 Å². The van der Waals surface area contributed by atoms with Gasteiger partial charge in [0, 0.05) is 22.8 Å². The van der Waals surface area contributed by atoms with E-state index in [1.165, 1.54) is 11.3 Å². The van der Waals surface area contributed by atoms with Crippen molar-refractivity contribution in [2.75, 3.05) is 5.32 Å². The molecule has 1 N–H and O–H groups in total. The van der Waals surface area contributed by atoms with E-state index >= 15 is 0 Å². The summed E-state index contributed by atoms with van der Waals surface area (Å²) in [5, 5.41) is 5.67. The van der Waals surface area contributed by atoms with E-state index in [0.29, 0.717) is 10.4 Å². The van der Waals surface area contributed by atoms with Crippen molar-refractivity contribution in [2.45, 2.75) is 0 Å². The lowest BCUT2D eigenvalue weighted by atomic mass is 10.1. The first-order valence-electron chi connectivity index (χ1n) is 7.73. The Labute approximate surface area is 161 Å². The summed E-state index contributed by atoms with van der Waals surface area (Å²) in [7, 11) is 0. The van der Waals surface area contributed by atoms with E-state index in [2.05, 4.69) is 31.2 Å². The lowest BCUT2D eigenvalue weighted by Crippen LogP contribution is -2.10. The molecule has 0 radical (unpaired) electrons. The highest BCUT2D eigenvalue weighted by molar-refractivity contribution is 9.10. The molecule has 0 saturated carbocycles. The highest BCUT2D eigenvalue weighted by Gasteiger charge is 2.12. The number of hydrogen-bond donors (Lipinski definition) is 1. The van der Waals surface area contributed by atoms with Gasteiger partial charge in [-0.3, -0.25) is 9.78 Å². The van der Waals surface area contributed by atoms with Crippen molar-refractivity contribution in [1.82, 2.24) is 9.97 Å². The second-order valence-corrected chi connectivity index (χ2v) is 7.03. The Morgan fingerprint density at radius 2 is 2.00 bits per heavy atom. The third-order valence-corrected chi connectivity index (χ3v) is 4.89. The molecule has 0 aliphatic rings. The summed E-state index contributed by atoms with van der Waals surface area (Å²) in [6, 6.07) is 16.6. The van der Waals surface area contributed by atoms with Gasteiger partial charge in [-0.1, -0.05) is 18.2 Å². The van der Waals surface area contributed by atoms with Gasteiger partial charge >= 0.3 is 0 Å². The van der Waals surface area contributed by atoms with Gasteiger partial charge in [0.05, 0.1) is 11.4 Å². The molecule has 1 aromatic carbocycles. The van der Waals surface area contributed by atoms with Crippen LogP contribution in [0.5, 0.6) is 0 Å². The zero-order valence-corrected chi connectivity index (χ0v) is 15.8. The minimum Gasteiger partial charge on any atom is -0.444 e. The number of carbonyl (C=O) groups is 1. The summed E-state index contributed by atoms with van der Waals surface area (Å²) in [6.07, 6.45) is 1.75. The van der Waals surface area contributed by atoms with Crippen LogP contribution in [0, 0.1) is 0 Å². The molecule has 3 aromatic heterocycles. The normalized spacial score (nSPS) is 10.7. The molecule has 1 amide bonds. The van der Waals surface area contributed by atoms with Gasteiger partial charge in [-0.25, -0.2) is 4.98 Å². The first kappa shape index (κ1) is 16.7. The molecule has 4 rings (SSSR count). The quantitative estimate of drug-likeness (QED) is 0.469. The van der Waals surface area contributed by atoms with Gasteiger partial charge in [-0.05, 0) is 52.3 Å². The lowest BCUT2D eigenvalue weighted by molar-refractivity contribution is 0.0995. The number of rotatable bonds is 4. The number of amides is 1. The SMILES string of the molecule is O=C(Nc1cccc(-c2csc(-c3ccccn3)n2)c1)c1ccc(Br)o1. The van der Waals surface area contributed by atoms with Gasteiger partial charge in [0.1, 0.15) is 5.01 Å². The molecule has 0 fully saturated rings. The second-order valence-electron chi connectivity index (χ2n) is 5.39. The highest BCUT2D eigenvalue weighted by atomic mass is 79.9. The maximum absolute atomic E-state index is 12.2. The molecular weight excluding hydrogens is 414 g/mol. The molecule has 0 spiro atoms. The van der Waals surface area contributed by atoms with Crippen molar-refractivity contribution < 1.29 is 9.21 Å². The molecule has 4 aromatic rings. The summed E-state index contributed by atoms with van der Waals surface area (Å²) < 4.78 is 5.79. The van der Waals surface area contributed by atoms with Gasteiger partial charge in [0.25, 0.3) is 5.91 Å². The van der Waals surface area contributed by atoms with Crippen molar-refractivity contribution in [3.8, 4) is 22.0 Å². The fraction of sp³-hybridized carbons (Fsp3) is 0. The number of aromatic nitrogens is 2. The van der Waals surface area contributed by atoms with Crippen LogP contribution in [0.25, 0.3) is 22.0 Å². The maximum atomic E-state index is 12.2. The monoisotopic (exact) mass is 425 g/mol. The Hall–Kier alpha value is -2.77. The summed E-state index contributed by atoms with van der Waals surface area (Å²) in [6.45, 7) is 0. The summed E-state index contributed by atoms with van der Waals surface area (Å²) in [5.74, 6) is -0.0614. The highest BCUT2D eigenvalue weighted by Crippen LogP contribution is 2.29. The van der Waals surface area contributed by atoms with E-state index in [9.17, 15) is 4.79 Å². The van der Waals surface area contributed by atoms with Crippen LogP contribution >= 0.6 is 27.3 Å². The predicted octanol–water partition coefficient (Wildman–Crippen LogP) is 5.48. The smallest absolute Gasteiger partial charge is 0.291 e. The van der Waals surface area contributed by atoms with Gasteiger partial charge in [0.2, 0.25) is 0 Å². The van der Waals surface area contributed by atoms with Crippen molar-refractivity contribution in [2.24, 2.45) is 0 Å². The summed E-state index contributed by atoms with van der Waals surface area (Å²) >= 11 is 4.73. The Morgan fingerprint density at radius 1 is 1.08 bits per heavy atom. The molecule has 0 aliphatic heterocycles. The van der Waals surface area contributed by atoms with Crippen LogP contribution in [-0.4, -0.2) is 15.9 Å². The van der Waals surface area contributed by atoms with Crippen molar-refractivity contribution in [3.63, 3.8) is 0 Å². The molecule has 0 bridgehead atoms. The second kappa shape index (κ2) is 7.23.